The van der Waals surface area contributed by atoms with Crippen LogP contribution in [0, 0.1) is 0 Å². The van der Waals surface area contributed by atoms with Gasteiger partial charge in [-0.3, -0.25) is 4.98 Å². The van der Waals surface area contributed by atoms with E-state index in [2.05, 4.69) is 15.4 Å². The largest absolute Gasteiger partial charge is 0.307 e. The third-order valence-corrected chi connectivity index (χ3v) is 2.73. The van der Waals surface area contributed by atoms with E-state index in [1.807, 2.05) is 12.1 Å². The number of halogens is 2. The Morgan fingerprint density at radius 1 is 1.17 bits per heavy atom. The molecule has 3 N–H and O–H groups in total. The molecule has 0 amide bonds. The fourth-order valence-electron chi connectivity index (χ4n) is 1.34. The van der Waals surface area contributed by atoms with E-state index in [4.69, 9.17) is 29.0 Å². The Morgan fingerprint density at radius 2 is 1.94 bits per heavy atom. The molecule has 2 rings (SSSR count). The van der Waals surface area contributed by atoms with E-state index in [9.17, 15) is 0 Å². The SMILES string of the molecule is NNC(=Nc1ccccc1Cl)c1ccc(Cl)cn1. The van der Waals surface area contributed by atoms with Crippen molar-refractivity contribution in [2.45, 2.75) is 0 Å². The fraction of sp³-hybridized carbons (Fsp3) is 0. The summed E-state index contributed by atoms with van der Waals surface area (Å²) in [6, 6.07) is 10.6. The average molecular weight is 281 g/mol. The topological polar surface area (TPSA) is 63.3 Å². The molecule has 92 valence electrons. The van der Waals surface area contributed by atoms with Crippen molar-refractivity contribution in [3.8, 4) is 0 Å². The molecule has 0 fully saturated rings. The molecule has 0 bridgehead atoms. The van der Waals surface area contributed by atoms with Crippen LogP contribution in [0.1, 0.15) is 5.69 Å². The molecule has 0 radical (unpaired) electrons. The van der Waals surface area contributed by atoms with Crippen molar-refractivity contribution in [3.63, 3.8) is 0 Å². The van der Waals surface area contributed by atoms with E-state index in [1.54, 1.807) is 24.3 Å². The number of amidine groups is 1. The Hall–Kier alpha value is -1.62. The summed E-state index contributed by atoms with van der Waals surface area (Å²) in [5.41, 5.74) is 3.70. The zero-order valence-electron chi connectivity index (χ0n) is 9.27. The van der Waals surface area contributed by atoms with Crippen LogP contribution in [0.5, 0.6) is 0 Å². The first-order chi connectivity index (χ1) is 8.70. The summed E-state index contributed by atoms with van der Waals surface area (Å²) in [7, 11) is 0. The minimum atomic E-state index is 0.416. The molecule has 0 unspecified atom stereocenters. The van der Waals surface area contributed by atoms with Gasteiger partial charge in [-0.2, -0.15) is 0 Å². The molecular formula is C12H10Cl2N4. The maximum Gasteiger partial charge on any atom is 0.166 e. The molecule has 0 atom stereocenters. The first kappa shape index (κ1) is 12.8. The number of para-hydroxylation sites is 1. The van der Waals surface area contributed by atoms with Crippen molar-refractivity contribution in [2.24, 2.45) is 10.8 Å². The van der Waals surface area contributed by atoms with Gasteiger partial charge in [0.05, 0.1) is 15.7 Å². The van der Waals surface area contributed by atoms with Crippen LogP contribution < -0.4 is 11.3 Å². The smallest absolute Gasteiger partial charge is 0.166 e. The second kappa shape index (κ2) is 5.82. The van der Waals surface area contributed by atoms with Crippen LogP contribution in [-0.2, 0) is 0 Å². The van der Waals surface area contributed by atoms with E-state index in [-0.39, 0.29) is 0 Å². The number of aliphatic imine (C=N–C) groups is 1. The number of nitrogens with one attached hydrogen (secondary N) is 1. The van der Waals surface area contributed by atoms with Crippen molar-refractivity contribution >= 4 is 34.7 Å². The number of hydrazine groups is 1. The number of rotatable bonds is 2. The lowest BCUT2D eigenvalue weighted by Crippen LogP contribution is -2.31. The van der Waals surface area contributed by atoms with Gasteiger partial charge in [-0.25, -0.2) is 10.8 Å². The molecule has 0 saturated heterocycles. The number of pyridine rings is 1. The zero-order chi connectivity index (χ0) is 13.0. The highest BCUT2D eigenvalue weighted by molar-refractivity contribution is 6.33. The maximum atomic E-state index is 6.02. The van der Waals surface area contributed by atoms with Gasteiger partial charge in [0, 0.05) is 6.20 Å². The monoisotopic (exact) mass is 280 g/mol. The summed E-state index contributed by atoms with van der Waals surface area (Å²) < 4.78 is 0. The van der Waals surface area contributed by atoms with Gasteiger partial charge in [0.15, 0.2) is 5.84 Å². The van der Waals surface area contributed by atoms with E-state index in [1.165, 1.54) is 6.20 Å². The molecular weight excluding hydrogens is 271 g/mol. The Labute approximate surface area is 114 Å². The molecule has 0 saturated carbocycles. The Kier molecular flexibility index (Phi) is 4.15. The van der Waals surface area contributed by atoms with Gasteiger partial charge < -0.3 is 5.43 Å². The lowest BCUT2D eigenvalue weighted by Gasteiger charge is -2.05. The highest BCUT2D eigenvalue weighted by atomic mass is 35.5. The lowest BCUT2D eigenvalue weighted by atomic mass is 10.3. The minimum absolute atomic E-state index is 0.416. The van der Waals surface area contributed by atoms with Crippen LogP contribution in [0.2, 0.25) is 10.0 Å². The molecule has 1 aromatic heterocycles. The number of nitrogens with two attached hydrogens (primary N) is 1. The Morgan fingerprint density at radius 3 is 2.56 bits per heavy atom. The second-order valence-electron chi connectivity index (χ2n) is 3.42. The van der Waals surface area contributed by atoms with Crippen molar-refractivity contribution < 1.29 is 0 Å². The standard InChI is InChI=1S/C12H10Cl2N4/c13-8-5-6-11(16-7-8)12(18-15)17-10-4-2-1-3-9(10)14/h1-7H,15H2,(H,17,18). The first-order valence-electron chi connectivity index (χ1n) is 5.12. The van der Waals surface area contributed by atoms with Gasteiger partial charge in [-0.15, -0.1) is 0 Å². The van der Waals surface area contributed by atoms with Crippen LogP contribution in [0.3, 0.4) is 0 Å². The quantitative estimate of drug-likeness (QED) is 0.385. The maximum absolute atomic E-state index is 6.02. The minimum Gasteiger partial charge on any atom is -0.307 e. The predicted molar refractivity (Wildman–Crippen MR) is 74.2 cm³/mol. The van der Waals surface area contributed by atoms with Crippen molar-refractivity contribution in [1.82, 2.24) is 10.4 Å². The molecule has 0 aliphatic heterocycles. The molecule has 0 aliphatic rings. The Bertz CT molecular complexity index is 567. The molecule has 2 aromatic rings. The summed E-state index contributed by atoms with van der Waals surface area (Å²) in [6.07, 6.45) is 1.52. The summed E-state index contributed by atoms with van der Waals surface area (Å²) in [5.74, 6) is 5.86. The summed E-state index contributed by atoms with van der Waals surface area (Å²) in [6.45, 7) is 0. The molecule has 18 heavy (non-hydrogen) atoms. The van der Waals surface area contributed by atoms with Gasteiger partial charge in [0.25, 0.3) is 0 Å². The van der Waals surface area contributed by atoms with E-state index in [0.29, 0.717) is 27.3 Å². The van der Waals surface area contributed by atoms with Crippen molar-refractivity contribution in [1.29, 1.82) is 0 Å². The van der Waals surface area contributed by atoms with Gasteiger partial charge in [-0.1, -0.05) is 35.3 Å². The molecule has 6 heteroatoms. The van der Waals surface area contributed by atoms with Gasteiger partial charge >= 0.3 is 0 Å². The van der Waals surface area contributed by atoms with Crippen LogP contribution >= 0.6 is 23.2 Å². The molecule has 1 heterocycles. The number of benzene rings is 1. The van der Waals surface area contributed by atoms with Crippen LogP contribution in [0.25, 0.3) is 0 Å². The zero-order valence-corrected chi connectivity index (χ0v) is 10.8. The average Bonchev–Trinajstić information content (AvgIpc) is 2.39. The van der Waals surface area contributed by atoms with Crippen LogP contribution in [-0.4, -0.2) is 10.8 Å². The van der Waals surface area contributed by atoms with Gasteiger partial charge in [0.1, 0.15) is 5.69 Å². The van der Waals surface area contributed by atoms with Crippen molar-refractivity contribution in [3.05, 3.63) is 58.3 Å². The Balaban J connectivity index is 2.40. The van der Waals surface area contributed by atoms with Crippen LogP contribution in [0.15, 0.2) is 47.6 Å². The third-order valence-electron chi connectivity index (χ3n) is 2.19. The van der Waals surface area contributed by atoms with Gasteiger partial charge in [-0.05, 0) is 24.3 Å². The van der Waals surface area contributed by atoms with Gasteiger partial charge in [0.2, 0.25) is 0 Å². The summed E-state index contributed by atoms with van der Waals surface area (Å²) in [5, 5.41) is 1.09. The third kappa shape index (κ3) is 2.98. The van der Waals surface area contributed by atoms with E-state index in [0.717, 1.165) is 0 Å². The number of hydrogen-bond donors (Lipinski definition) is 2. The first-order valence-corrected chi connectivity index (χ1v) is 5.88. The molecule has 1 aromatic carbocycles. The van der Waals surface area contributed by atoms with Crippen molar-refractivity contribution in [2.75, 3.05) is 0 Å². The van der Waals surface area contributed by atoms with Crippen LogP contribution in [0.4, 0.5) is 5.69 Å². The predicted octanol–water partition coefficient (Wildman–Crippen LogP) is 2.93. The second-order valence-corrected chi connectivity index (χ2v) is 4.26. The normalized spacial score (nSPS) is 11.4. The van der Waals surface area contributed by atoms with E-state index < -0.39 is 0 Å². The number of nitrogens with zero attached hydrogens (tertiary/aromatic N) is 2. The summed E-state index contributed by atoms with van der Waals surface area (Å²) >= 11 is 11.8. The fourth-order valence-corrected chi connectivity index (χ4v) is 1.63. The molecule has 0 spiro atoms. The number of hydrogen-bond acceptors (Lipinski definition) is 3. The highest BCUT2D eigenvalue weighted by Gasteiger charge is 2.05. The molecule has 0 aliphatic carbocycles. The van der Waals surface area contributed by atoms with E-state index >= 15 is 0 Å². The lowest BCUT2D eigenvalue weighted by molar-refractivity contribution is 1.01. The molecule has 4 nitrogen and oxygen atoms in total. The highest BCUT2D eigenvalue weighted by Crippen LogP contribution is 2.24. The number of aromatic nitrogens is 1. The summed E-state index contributed by atoms with van der Waals surface area (Å²) in [4.78, 5) is 8.45.